The third kappa shape index (κ3) is 13.1. The number of halogens is 2. The molecule has 0 rings (SSSR count). The second-order valence-corrected chi connectivity index (χ2v) is 6.40. The van der Waals surface area contributed by atoms with E-state index in [1.807, 2.05) is 0 Å². The van der Waals surface area contributed by atoms with Crippen LogP contribution in [0.4, 0.5) is 7.77 Å². The lowest BCUT2D eigenvalue weighted by molar-refractivity contribution is -0.151. The van der Waals surface area contributed by atoms with E-state index in [2.05, 4.69) is 9.47 Å². The second-order valence-electron chi connectivity index (χ2n) is 3.43. The minimum absolute atomic E-state index is 0.417. The van der Waals surface area contributed by atoms with Crippen LogP contribution in [0.25, 0.3) is 0 Å². The average Bonchev–Trinajstić information content (AvgIpc) is 2.27. The highest BCUT2D eigenvalue weighted by atomic mass is 32.3. The molecule has 0 heterocycles. The zero-order valence-corrected chi connectivity index (χ0v) is 11.7. The predicted molar refractivity (Wildman–Crippen MR) is 60.9 cm³/mol. The van der Waals surface area contributed by atoms with Gasteiger partial charge in [-0.05, 0) is 0 Å². The summed E-state index contributed by atoms with van der Waals surface area (Å²) in [5, 5.41) is 0. The van der Waals surface area contributed by atoms with E-state index >= 15 is 0 Å². The summed E-state index contributed by atoms with van der Waals surface area (Å²) in [7, 11) is -9.53. The van der Waals surface area contributed by atoms with Crippen molar-refractivity contribution >= 4 is 32.4 Å². The van der Waals surface area contributed by atoms with Crippen LogP contribution in [0, 0.1) is 0 Å². The van der Waals surface area contributed by atoms with E-state index in [9.17, 15) is 34.2 Å². The maximum Gasteiger partial charge on any atom is 0.307 e. The summed E-state index contributed by atoms with van der Waals surface area (Å²) in [6.45, 7) is -0.835. The Morgan fingerprint density at radius 3 is 1.30 bits per heavy atom. The summed E-state index contributed by atoms with van der Waals surface area (Å²) in [5.74, 6) is -4.04. The lowest BCUT2D eigenvalue weighted by Crippen LogP contribution is -2.16. The molecule has 0 aromatic carbocycles. The van der Waals surface area contributed by atoms with Gasteiger partial charge < -0.3 is 9.47 Å². The molecule has 20 heavy (non-hydrogen) atoms. The van der Waals surface area contributed by atoms with Crippen LogP contribution in [0.1, 0.15) is 12.8 Å². The smallest absolute Gasteiger partial charge is 0.307 e. The molecule has 0 amide bonds. The van der Waals surface area contributed by atoms with Gasteiger partial charge in [0.2, 0.25) is 0 Å². The molecule has 0 spiro atoms. The molecule has 118 valence electrons. The third-order valence-electron chi connectivity index (χ3n) is 1.71. The van der Waals surface area contributed by atoms with Crippen molar-refractivity contribution in [1.82, 2.24) is 0 Å². The number of esters is 2. The number of carbonyl (C=O) groups excluding carboxylic acids is 2. The Balaban J connectivity index is 3.71. The van der Waals surface area contributed by atoms with E-state index in [-0.39, 0.29) is 0 Å². The molecule has 8 nitrogen and oxygen atoms in total. The predicted octanol–water partition coefficient (Wildman–Crippen LogP) is -0.548. The van der Waals surface area contributed by atoms with Gasteiger partial charge in [-0.1, -0.05) is 0 Å². The molecule has 0 aliphatic carbocycles. The fraction of sp³-hybridized carbons (Fsp3) is 0.750. The van der Waals surface area contributed by atoms with Gasteiger partial charge >= 0.3 is 32.4 Å². The van der Waals surface area contributed by atoms with E-state index in [4.69, 9.17) is 0 Å². The Hall–Kier alpha value is -1.30. The quantitative estimate of drug-likeness (QED) is 0.312. The summed E-state index contributed by atoms with van der Waals surface area (Å²) >= 11 is 0. The van der Waals surface area contributed by atoms with Crippen molar-refractivity contribution in [3.63, 3.8) is 0 Å². The SMILES string of the molecule is O=C(CCS(=O)(=O)F)OCCOC(=O)CCS(=O)(=O)F. The van der Waals surface area contributed by atoms with Crippen LogP contribution >= 0.6 is 0 Å². The highest BCUT2D eigenvalue weighted by Gasteiger charge is 2.14. The summed E-state index contributed by atoms with van der Waals surface area (Å²) in [6, 6.07) is 0. The van der Waals surface area contributed by atoms with E-state index in [0.29, 0.717) is 0 Å². The maximum absolute atomic E-state index is 12.0. The average molecular weight is 338 g/mol. The van der Waals surface area contributed by atoms with Crippen molar-refractivity contribution in [3.05, 3.63) is 0 Å². The van der Waals surface area contributed by atoms with Crippen molar-refractivity contribution in [1.29, 1.82) is 0 Å². The van der Waals surface area contributed by atoms with Gasteiger partial charge in [0.25, 0.3) is 0 Å². The van der Waals surface area contributed by atoms with Crippen LogP contribution in [0.2, 0.25) is 0 Å². The van der Waals surface area contributed by atoms with Crippen molar-refractivity contribution in [3.8, 4) is 0 Å². The minimum Gasteiger partial charge on any atom is -0.462 e. The van der Waals surface area contributed by atoms with Crippen molar-refractivity contribution in [2.24, 2.45) is 0 Å². The first-order valence-electron chi connectivity index (χ1n) is 5.15. The number of hydrogen-bond donors (Lipinski definition) is 0. The van der Waals surface area contributed by atoms with Gasteiger partial charge in [0.05, 0.1) is 24.3 Å². The van der Waals surface area contributed by atoms with E-state index in [1.165, 1.54) is 0 Å². The zero-order chi connectivity index (χ0) is 15.8. The molecule has 0 N–H and O–H groups in total. The summed E-state index contributed by atoms with van der Waals surface area (Å²) in [6.07, 6.45) is -1.38. The molecule has 0 aromatic rings. The van der Waals surface area contributed by atoms with Crippen LogP contribution in [-0.4, -0.2) is 53.5 Å². The lowest BCUT2D eigenvalue weighted by atomic mass is 10.5. The van der Waals surface area contributed by atoms with E-state index in [0.717, 1.165) is 0 Å². The molecule has 0 bridgehead atoms. The van der Waals surface area contributed by atoms with Gasteiger partial charge in [0.15, 0.2) is 0 Å². The molecule has 0 aromatic heterocycles. The van der Waals surface area contributed by atoms with E-state index in [1.54, 1.807) is 0 Å². The second kappa shape index (κ2) is 8.09. The van der Waals surface area contributed by atoms with Crippen LogP contribution in [-0.2, 0) is 39.5 Å². The molecule has 0 fully saturated rings. The summed E-state index contributed by atoms with van der Waals surface area (Å²) in [5.41, 5.74) is 0. The minimum atomic E-state index is -4.76. The maximum atomic E-state index is 12.0. The van der Waals surface area contributed by atoms with Crippen LogP contribution in [0.3, 0.4) is 0 Å². The van der Waals surface area contributed by atoms with Gasteiger partial charge in [-0.3, -0.25) is 9.59 Å². The number of ether oxygens (including phenoxy) is 2. The molecular weight excluding hydrogens is 326 g/mol. The normalized spacial score (nSPS) is 11.9. The first kappa shape index (κ1) is 18.7. The molecule has 0 saturated carbocycles. The molecule has 0 unspecified atom stereocenters. The van der Waals surface area contributed by atoms with Gasteiger partial charge in [-0.25, -0.2) is 0 Å². The Morgan fingerprint density at radius 2 is 1.05 bits per heavy atom. The Kier molecular flexibility index (Phi) is 7.57. The first-order valence-corrected chi connectivity index (χ1v) is 8.26. The van der Waals surface area contributed by atoms with Crippen molar-refractivity contribution < 1.29 is 43.7 Å². The van der Waals surface area contributed by atoms with Gasteiger partial charge in [0, 0.05) is 0 Å². The van der Waals surface area contributed by atoms with E-state index < -0.39 is 69.9 Å². The van der Waals surface area contributed by atoms with Crippen molar-refractivity contribution in [2.45, 2.75) is 12.8 Å². The van der Waals surface area contributed by atoms with Gasteiger partial charge in [-0.15, -0.1) is 7.77 Å². The topological polar surface area (TPSA) is 121 Å². The van der Waals surface area contributed by atoms with Gasteiger partial charge in [-0.2, -0.15) is 16.8 Å². The zero-order valence-electron chi connectivity index (χ0n) is 10.1. The largest absolute Gasteiger partial charge is 0.462 e. The number of rotatable bonds is 9. The lowest BCUT2D eigenvalue weighted by Gasteiger charge is -2.05. The molecule has 0 aliphatic rings. The first-order chi connectivity index (χ1) is 8.99. The number of carbonyl (C=O) groups is 2. The molecular formula is C8H12F2O8S2. The Labute approximate surface area is 114 Å². The van der Waals surface area contributed by atoms with Crippen LogP contribution < -0.4 is 0 Å². The molecule has 0 saturated heterocycles. The van der Waals surface area contributed by atoms with Gasteiger partial charge in [0.1, 0.15) is 13.2 Å². The molecule has 0 radical (unpaired) electrons. The molecule has 12 heteroatoms. The summed E-state index contributed by atoms with van der Waals surface area (Å²) in [4.78, 5) is 21.7. The van der Waals surface area contributed by atoms with Crippen LogP contribution in [0.15, 0.2) is 0 Å². The number of hydrogen-bond acceptors (Lipinski definition) is 8. The highest BCUT2D eigenvalue weighted by molar-refractivity contribution is 7.86. The highest BCUT2D eigenvalue weighted by Crippen LogP contribution is 1.98. The Bertz CT molecular complexity index is 489. The molecule has 0 atom stereocenters. The summed E-state index contributed by atoms with van der Waals surface area (Å²) < 4.78 is 73.2. The molecule has 0 aliphatic heterocycles. The Morgan fingerprint density at radius 1 is 0.750 bits per heavy atom. The standard InChI is InChI=1S/C8H12F2O8S2/c9-19(13,14)5-1-7(11)17-3-4-18-8(12)2-6-20(10,15)16/h1-6H2. The van der Waals surface area contributed by atoms with Crippen molar-refractivity contribution in [2.75, 3.05) is 24.7 Å². The van der Waals surface area contributed by atoms with Crippen LogP contribution in [0.5, 0.6) is 0 Å². The monoisotopic (exact) mass is 338 g/mol. The third-order valence-corrected chi connectivity index (χ3v) is 3.09. The fourth-order valence-electron chi connectivity index (χ4n) is 0.866. The fourth-order valence-corrected chi connectivity index (χ4v) is 1.69.